The fourth-order valence-electron chi connectivity index (χ4n) is 2.28. The van der Waals surface area contributed by atoms with Crippen LogP contribution >= 0.6 is 11.6 Å². The Balaban J connectivity index is 1.58. The number of methoxy groups -OCH3 is 1. The molecule has 24 heavy (non-hydrogen) atoms. The number of ether oxygens (including phenoxy) is 1. The SMILES string of the molecule is COc1ccc(CCNCCC(=O)NCc2ccccc2Cl)cc1. The fraction of sp³-hybridized carbons (Fsp3) is 0.316. The molecule has 0 atom stereocenters. The van der Waals surface area contributed by atoms with Gasteiger partial charge in [0, 0.05) is 24.5 Å². The third kappa shape index (κ3) is 6.22. The van der Waals surface area contributed by atoms with Crippen LogP contribution in [0.2, 0.25) is 5.02 Å². The summed E-state index contributed by atoms with van der Waals surface area (Å²) in [5, 5.41) is 6.84. The van der Waals surface area contributed by atoms with E-state index >= 15 is 0 Å². The van der Waals surface area contributed by atoms with Gasteiger partial charge in [-0.3, -0.25) is 4.79 Å². The van der Waals surface area contributed by atoms with Gasteiger partial charge in [0.25, 0.3) is 0 Å². The van der Waals surface area contributed by atoms with Crippen molar-refractivity contribution in [2.24, 2.45) is 0 Å². The predicted molar refractivity (Wildman–Crippen MR) is 97.5 cm³/mol. The second-order valence-electron chi connectivity index (χ2n) is 5.47. The number of carbonyl (C=O) groups is 1. The smallest absolute Gasteiger partial charge is 0.221 e. The summed E-state index contributed by atoms with van der Waals surface area (Å²) in [7, 11) is 1.66. The molecule has 2 N–H and O–H groups in total. The van der Waals surface area contributed by atoms with Gasteiger partial charge in [0.05, 0.1) is 7.11 Å². The Morgan fingerprint density at radius 1 is 1.08 bits per heavy atom. The van der Waals surface area contributed by atoms with E-state index in [1.165, 1.54) is 5.56 Å². The van der Waals surface area contributed by atoms with Crippen molar-refractivity contribution in [2.45, 2.75) is 19.4 Å². The van der Waals surface area contributed by atoms with Gasteiger partial charge in [-0.05, 0) is 42.3 Å². The average Bonchev–Trinajstić information content (AvgIpc) is 2.61. The lowest BCUT2D eigenvalue weighted by atomic mass is 10.1. The van der Waals surface area contributed by atoms with Crippen LogP contribution in [-0.2, 0) is 17.8 Å². The zero-order chi connectivity index (χ0) is 17.2. The third-order valence-corrected chi connectivity index (χ3v) is 4.08. The zero-order valence-electron chi connectivity index (χ0n) is 13.8. The van der Waals surface area contributed by atoms with Gasteiger partial charge < -0.3 is 15.4 Å². The number of benzene rings is 2. The third-order valence-electron chi connectivity index (χ3n) is 3.71. The van der Waals surface area contributed by atoms with Gasteiger partial charge in [-0.15, -0.1) is 0 Å². The number of nitrogens with one attached hydrogen (secondary N) is 2. The first-order valence-corrected chi connectivity index (χ1v) is 8.40. The molecule has 0 radical (unpaired) electrons. The maximum atomic E-state index is 11.8. The molecule has 0 saturated heterocycles. The first-order valence-electron chi connectivity index (χ1n) is 8.03. The van der Waals surface area contributed by atoms with E-state index in [1.807, 2.05) is 36.4 Å². The molecule has 0 fully saturated rings. The lowest BCUT2D eigenvalue weighted by Crippen LogP contribution is -2.28. The molecule has 2 aromatic rings. The number of hydrogen-bond donors (Lipinski definition) is 2. The topological polar surface area (TPSA) is 50.4 Å². The van der Waals surface area contributed by atoms with Crippen LogP contribution in [0.5, 0.6) is 5.75 Å². The molecule has 0 unspecified atom stereocenters. The number of hydrogen-bond acceptors (Lipinski definition) is 3. The summed E-state index contributed by atoms with van der Waals surface area (Å²) in [4.78, 5) is 11.8. The molecule has 0 aliphatic carbocycles. The Bertz CT molecular complexity index is 644. The van der Waals surface area contributed by atoms with Crippen molar-refractivity contribution in [1.29, 1.82) is 0 Å². The Morgan fingerprint density at radius 2 is 1.83 bits per heavy atom. The van der Waals surface area contributed by atoms with Crippen LogP contribution in [0, 0.1) is 0 Å². The van der Waals surface area contributed by atoms with E-state index in [1.54, 1.807) is 7.11 Å². The van der Waals surface area contributed by atoms with Gasteiger partial charge in [-0.25, -0.2) is 0 Å². The highest BCUT2D eigenvalue weighted by molar-refractivity contribution is 6.31. The van der Waals surface area contributed by atoms with Crippen LogP contribution < -0.4 is 15.4 Å². The van der Waals surface area contributed by atoms with Crippen molar-refractivity contribution in [3.05, 3.63) is 64.7 Å². The highest BCUT2D eigenvalue weighted by atomic mass is 35.5. The number of carbonyl (C=O) groups excluding carboxylic acids is 1. The van der Waals surface area contributed by atoms with Crippen LogP contribution in [-0.4, -0.2) is 26.1 Å². The Labute approximate surface area is 148 Å². The van der Waals surface area contributed by atoms with E-state index < -0.39 is 0 Å². The van der Waals surface area contributed by atoms with E-state index in [9.17, 15) is 4.79 Å². The summed E-state index contributed by atoms with van der Waals surface area (Å²) < 4.78 is 5.13. The highest BCUT2D eigenvalue weighted by Crippen LogP contribution is 2.14. The Morgan fingerprint density at radius 3 is 2.54 bits per heavy atom. The van der Waals surface area contributed by atoms with Crippen molar-refractivity contribution in [3.8, 4) is 5.75 Å². The summed E-state index contributed by atoms with van der Waals surface area (Å²) >= 11 is 6.06. The Kier molecular flexibility index (Phi) is 7.59. The summed E-state index contributed by atoms with van der Waals surface area (Å²) in [6.07, 6.45) is 1.37. The molecule has 2 rings (SSSR count). The van der Waals surface area contributed by atoms with Gasteiger partial charge in [0.2, 0.25) is 5.91 Å². The van der Waals surface area contributed by atoms with Crippen molar-refractivity contribution < 1.29 is 9.53 Å². The lowest BCUT2D eigenvalue weighted by molar-refractivity contribution is -0.121. The minimum Gasteiger partial charge on any atom is -0.497 e. The van der Waals surface area contributed by atoms with Crippen molar-refractivity contribution in [1.82, 2.24) is 10.6 Å². The average molecular weight is 347 g/mol. The highest BCUT2D eigenvalue weighted by Gasteiger charge is 2.03. The van der Waals surface area contributed by atoms with Gasteiger partial charge >= 0.3 is 0 Å². The molecule has 4 nitrogen and oxygen atoms in total. The number of halogens is 1. The predicted octanol–water partition coefficient (Wildman–Crippen LogP) is 3.19. The molecule has 5 heteroatoms. The Hall–Kier alpha value is -2.04. The second-order valence-corrected chi connectivity index (χ2v) is 5.87. The van der Waals surface area contributed by atoms with Crippen LogP contribution in [0.3, 0.4) is 0 Å². The maximum Gasteiger partial charge on any atom is 0.221 e. The summed E-state index contributed by atoms with van der Waals surface area (Å²) in [6, 6.07) is 15.5. The molecule has 0 saturated carbocycles. The molecule has 2 aromatic carbocycles. The van der Waals surface area contributed by atoms with Crippen LogP contribution in [0.4, 0.5) is 0 Å². The molecular formula is C19H23ClN2O2. The van der Waals surface area contributed by atoms with Gasteiger partial charge in [-0.1, -0.05) is 41.9 Å². The molecule has 0 spiro atoms. The summed E-state index contributed by atoms with van der Waals surface area (Å²) in [6.45, 7) is 1.96. The second kappa shape index (κ2) is 9.96. The normalized spacial score (nSPS) is 10.4. The first-order chi connectivity index (χ1) is 11.7. The summed E-state index contributed by atoms with van der Waals surface area (Å²) in [5.74, 6) is 0.883. The molecule has 1 amide bonds. The van der Waals surface area contributed by atoms with Crippen molar-refractivity contribution in [3.63, 3.8) is 0 Å². The summed E-state index contributed by atoms with van der Waals surface area (Å²) in [5.41, 5.74) is 2.17. The van der Waals surface area contributed by atoms with Crippen LogP contribution in [0.15, 0.2) is 48.5 Å². The van der Waals surface area contributed by atoms with E-state index in [-0.39, 0.29) is 5.91 Å². The van der Waals surface area contributed by atoms with Crippen LogP contribution in [0.25, 0.3) is 0 Å². The van der Waals surface area contributed by atoms with E-state index in [4.69, 9.17) is 16.3 Å². The number of amides is 1. The minimum atomic E-state index is 0.0202. The molecule has 0 bridgehead atoms. The maximum absolute atomic E-state index is 11.8. The fourth-order valence-corrected chi connectivity index (χ4v) is 2.48. The number of rotatable bonds is 9. The zero-order valence-corrected chi connectivity index (χ0v) is 14.6. The van der Waals surface area contributed by atoms with Gasteiger partial charge in [0.1, 0.15) is 5.75 Å². The minimum absolute atomic E-state index is 0.0202. The standard InChI is InChI=1S/C19H23ClN2O2/c1-24-17-8-6-15(7-9-17)10-12-21-13-11-19(23)22-14-16-4-2-3-5-18(16)20/h2-9,21H,10-14H2,1H3,(H,22,23). The van der Waals surface area contributed by atoms with E-state index in [2.05, 4.69) is 22.8 Å². The van der Waals surface area contributed by atoms with E-state index in [0.717, 1.165) is 24.3 Å². The quantitative estimate of drug-likeness (QED) is 0.686. The van der Waals surface area contributed by atoms with Gasteiger partial charge in [0.15, 0.2) is 0 Å². The molecule has 0 heterocycles. The molecule has 128 valence electrons. The lowest BCUT2D eigenvalue weighted by Gasteiger charge is -2.08. The van der Waals surface area contributed by atoms with E-state index in [0.29, 0.717) is 24.5 Å². The van der Waals surface area contributed by atoms with Crippen LogP contribution in [0.1, 0.15) is 17.5 Å². The first kappa shape index (κ1) is 18.3. The largest absolute Gasteiger partial charge is 0.497 e. The molecule has 0 aliphatic heterocycles. The van der Waals surface area contributed by atoms with Gasteiger partial charge in [-0.2, -0.15) is 0 Å². The monoisotopic (exact) mass is 346 g/mol. The van der Waals surface area contributed by atoms with Crippen molar-refractivity contribution >= 4 is 17.5 Å². The molecular weight excluding hydrogens is 324 g/mol. The molecule has 0 aliphatic rings. The molecule has 0 aromatic heterocycles. The van der Waals surface area contributed by atoms with Crippen molar-refractivity contribution in [2.75, 3.05) is 20.2 Å².